The van der Waals surface area contributed by atoms with Crippen molar-refractivity contribution in [2.45, 2.75) is 52.4 Å². The molecule has 0 bridgehead atoms. The van der Waals surface area contributed by atoms with E-state index in [9.17, 15) is 0 Å². The van der Waals surface area contributed by atoms with Crippen LogP contribution in [0.2, 0.25) is 0 Å². The third-order valence-corrected chi connectivity index (χ3v) is 2.93. The van der Waals surface area contributed by atoms with Crippen molar-refractivity contribution in [1.29, 1.82) is 0 Å². The standard InChI is InChI=1S/C8H10.C6H12/c1-7-5-3-4-6-8(7)2;1-2-4-6-5-3-1/h3-6H,1-2H3;1-6H2. The van der Waals surface area contributed by atoms with Crippen molar-refractivity contribution in [3.63, 3.8) is 0 Å². The van der Waals surface area contributed by atoms with E-state index in [4.69, 9.17) is 0 Å². The zero-order chi connectivity index (χ0) is 10.2. The van der Waals surface area contributed by atoms with E-state index in [0.29, 0.717) is 0 Å². The van der Waals surface area contributed by atoms with Gasteiger partial charge in [-0.15, -0.1) is 0 Å². The Kier molecular flexibility index (Phi) is 5.36. The summed E-state index contributed by atoms with van der Waals surface area (Å²) in [5.74, 6) is 0. The van der Waals surface area contributed by atoms with Gasteiger partial charge in [-0.1, -0.05) is 62.8 Å². The predicted molar refractivity (Wildman–Crippen MR) is 63.6 cm³/mol. The first kappa shape index (κ1) is 11.3. The summed E-state index contributed by atoms with van der Waals surface area (Å²) < 4.78 is 0. The highest BCUT2D eigenvalue weighted by Gasteiger charge is 1.95. The van der Waals surface area contributed by atoms with Crippen molar-refractivity contribution in [1.82, 2.24) is 0 Å². The Morgan fingerprint density at radius 2 is 0.929 bits per heavy atom. The van der Waals surface area contributed by atoms with Gasteiger partial charge in [0.05, 0.1) is 0 Å². The maximum absolute atomic E-state index is 2.12. The van der Waals surface area contributed by atoms with Crippen molar-refractivity contribution in [3.05, 3.63) is 35.4 Å². The van der Waals surface area contributed by atoms with Gasteiger partial charge in [0.1, 0.15) is 0 Å². The molecule has 0 spiro atoms. The van der Waals surface area contributed by atoms with Crippen LogP contribution < -0.4 is 0 Å². The molecular formula is C14H22. The van der Waals surface area contributed by atoms with Crippen LogP contribution in [-0.4, -0.2) is 0 Å². The molecule has 1 aliphatic carbocycles. The van der Waals surface area contributed by atoms with Crippen LogP contribution >= 0.6 is 0 Å². The zero-order valence-corrected chi connectivity index (χ0v) is 9.55. The molecule has 0 radical (unpaired) electrons. The quantitative estimate of drug-likeness (QED) is 0.559. The largest absolute Gasteiger partial charge is 0.0620 e. The highest BCUT2D eigenvalue weighted by atomic mass is 14.0. The number of hydrogen-bond donors (Lipinski definition) is 0. The average Bonchev–Trinajstić information content (AvgIpc) is 2.26. The molecule has 1 aromatic rings. The number of benzene rings is 1. The fourth-order valence-corrected chi connectivity index (χ4v) is 1.72. The minimum Gasteiger partial charge on any atom is -0.0620 e. The molecule has 0 heteroatoms. The van der Waals surface area contributed by atoms with E-state index in [0.717, 1.165) is 0 Å². The molecule has 0 aromatic heterocycles. The molecule has 0 amide bonds. The summed E-state index contributed by atoms with van der Waals surface area (Å²) in [6, 6.07) is 8.36. The van der Waals surface area contributed by atoms with E-state index in [1.54, 1.807) is 0 Å². The van der Waals surface area contributed by atoms with E-state index in [1.165, 1.54) is 49.7 Å². The second-order valence-electron chi connectivity index (χ2n) is 4.21. The Morgan fingerprint density at radius 1 is 0.643 bits per heavy atom. The van der Waals surface area contributed by atoms with Gasteiger partial charge in [-0.25, -0.2) is 0 Å². The minimum atomic E-state index is 1.37. The normalized spacial score (nSPS) is 15.6. The summed E-state index contributed by atoms with van der Waals surface area (Å²) in [5, 5.41) is 0. The second kappa shape index (κ2) is 6.64. The SMILES string of the molecule is C1CCCCC1.Cc1ccccc1C. The minimum absolute atomic E-state index is 1.37. The van der Waals surface area contributed by atoms with Gasteiger partial charge in [-0.3, -0.25) is 0 Å². The van der Waals surface area contributed by atoms with Gasteiger partial charge in [0.25, 0.3) is 0 Å². The summed E-state index contributed by atoms with van der Waals surface area (Å²) in [7, 11) is 0. The van der Waals surface area contributed by atoms with Crippen molar-refractivity contribution >= 4 is 0 Å². The van der Waals surface area contributed by atoms with Crippen LogP contribution in [0.3, 0.4) is 0 Å². The maximum Gasteiger partial charge on any atom is -0.0395 e. The first-order chi connectivity index (χ1) is 6.80. The van der Waals surface area contributed by atoms with Crippen molar-refractivity contribution in [2.75, 3.05) is 0 Å². The third-order valence-electron chi connectivity index (χ3n) is 2.93. The summed E-state index contributed by atoms with van der Waals surface area (Å²) in [5.41, 5.74) is 2.74. The fraction of sp³-hybridized carbons (Fsp3) is 0.571. The lowest BCUT2D eigenvalue weighted by molar-refractivity contribution is 0.504. The van der Waals surface area contributed by atoms with E-state index in [1.807, 2.05) is 0 Å². The lowest BCUT2D eigenvalue weighted by Gasteiger charge is -2.05. The van der Waals surface area contributed by atoms with Crippen LogP contribution in [0.1, 0.15) is 49.7 Å². The van der Waals surface area contributed by atoms with E-state index < -0.39 is 0 Å². The molecule has 1 aromatic carbocycles. The fourth-order valence-electron chi connectivity index (χ4n) is 1.72. The Labute approximate surface area is 88.4 Å². The first-order valence-electron chi connectivity index (χ1n) is 5.83. The van der Waals surface area contributed by atoms with Crippen LogP contribution in [0.25, 0.3) is 0 Å². The lowest BCUT2D eigenvalue weighted by atomic mass is 10.0. The van der Waals surface area contributed by atoms with Crippen LogP contribution in [0.4, 0.5) is 0 Å². The van der Waals surface area contributed by atoms with Gasteiger partial charge in [-0.05, 0) is 25.0 Å². The molecule has 1 saturated carbocycles. The molecule has 1 fully saturated rings. The molecular weight excluding hydrogens is 168 g/mol. The van der Waals surface area contributed by atoms with Crippen molar-refractivity contribution in [2.24, 2.45) is 0 Å². The van der Waals surface area contributed by atoms with Gasteiger partial charge in [-0.2, -0.15) is 0 Å². The molecule has 0 nitrogen and oxygen atoms in total. The van der Waals surface area contributed by atoms with Gasteiger partial charge in [0.2, 0.25) is 0 Å². The highest BCUT2D eigenvalue weighted by Crippen LogP contribution is 2.15. The van der Waals surface area contributed by atoms with Gasteiger partial charge < -0.3 is 0 Å². The van der Waals surface area contributed by atoms with E-state index in [2.05, 4.69) is 38.1 Å². The lowest BCUT2D eigenvalue weighted by Crippen LogP contribution is -1.85. The monoisotopic (exact) mass is 190 g/mol. The highest BCUT2D eigenvalue weighted by molar-refractivity contribution is 5.23. The predicted octanol–water partition coefficient (Wildman–Crippen LogP) is 4.64. The molecule has 78 valence electrons. The Morgan fingerprint density at radius 3 is 1.14 bits per heavy atom. The third kappa shape index (κ3) is 4.45. The van der Waals surface area contributed by atoms with E-state index >= 15 is 0 Å². The Bertz CT molecular complexity index is 213. The maximum atomic E-state index is 2.12. The molecule has 1 aliphatic rings. The Balaban J connectivity index is 0.000000146. The molecule has 0 heterocycles. The average molecular weight is 190 g/mol. The van der Waals surface area contributed by atoms with Crippen LogP contribution in [0.5, 0.6) is 0 Å². The molecule has 14 heavy (non-hydrogen) atoms. The first-order valence-corrected chi connectivity index (χ1v) is 5.83. The second-order valence-corrected chi connectivity index (χ2v) is 4.21. The molecule has 2 rings (SSSR count). The van der Waals surface area contributed by atoms with Crippen molar-refractivity contribution < 1.29 is 0 Å². The number of rotatable bonds is 0. The van der Waals surface area contributed by atoms with Crippen LogP contribution in [0.15, 0.2) is 24.3 Å². The van der Waals surface area contributed by atoms with Crippen LogP contribution in [0, 0.1) is 13.8 Å². The topological polar surface area (TPSA) is 0 Å². The zero-order valence-electron chi connectivity index (χ0n) is 9.55. The van der Waals surface area contributed by atoms with Crippen LogP contribution in [-0.2, 0) is 0 Å². The number of hydrogen-bond acceptors (Lipinski definition) is 0. The molecule has 0 N–H and O–H groups in total. The van der Waals surface area contributed by atoms with Gasteiger partial charge in [0, 0.05) is 0 Å². The van der Waals surface area contributed by atoms with E-state index in [-0.39, 0.29) is 0 Å². The Hall–Kier alpha value is -0.780. The van der Waals surface area contributed by atoms with Gasteiger partial charge >= 0.3 is 0 Å². The smallest absolute Gasteiger partial charge is 0.0395 e. The summed E-state index contributed by atoms with van der Waals surface area (Å²) in [6.07, 6.45) is 9.00. The molecule has 0 unspecified atom stereocenters. The molecule has 0 atom stereocenters. The molecule has 0 aliphatic heterocycles. The molecule has 0 saturated heterocycles. The van der Waals surface area contributed by atoms with Gasteiger partial charge in [0.15, 0.2) is 0 Å². The summed E-state index contributed by atoms with van der Waals surface area (Å²) in [4.78, 5) is 0. The van der Waals surface area contributed by atoms with Crippen molar-refractivity contribution in [3.8, 4) is 0 Å². The summed E-state index contributed by atoms with van der Waals surface area (Å²) >= 11 is 0. The number of aryl methyl sites for hydroxylation is 2. The summed E-state index contributed by atoms with van der Waals surface area (Å²) in [6.45, 7) is 4.24.